The fourth-order valence-electron chi connectivity index (χ4n) is 3.96. The van der Waals surface area contributed by atoms with Crippen molar-refractivity contribution in [3.8, 4) is 11.1 Å². The normalized spacial score (nSPS) is 15.0. The highest BCUT2D eigenvalue weighted by Gasteiger charge is 2.32. The largest absolute Gasteiger partial charge is 0.390 e. The number of benzene rings is 1. The molecule has 1 aliphatic rings. The van der Waals surface area contributed by atoms with Crippen LogP contribution in [0.3, 0.4) is 0 Å². The van der Waals surface area contributed by atoms with Gasteiger partial charge in [0.15, 0.2) is 0 Å². The summed E-state index contributed by atoms with van der Waals surface area (Å²) >= 11 is 6.01. The third kappa shape index (κ3) is 4.63. The summed E-state index contributed by atoms with van der Waals surface area (Å²) < 4.78 is 27.6. The zero-order chi connectivity index (χ0) is 24.6. The molecule has 3 aromatic heterocycles. The third-order valence-corrected chi connectivity index (χ3v) is 7.91. The first-order chi connectivity index (χ1) is 16.8. The molecule has 0 unspecified atom stereocenters. The molecule has 12 heteroatoms. The van der Waals surface area contributed by atoms with E-state index in [9.17, 15) is 18.3 Å². The molecule has 35 heavy (non-hydrogen) atoms. The number of nitrogens with zero attached hydrogens (tertiary/aromatic N) is 5. The molecule has 4 heterocycles. The molecular formula is C23H21ClN6O4S. The first kappa shape index (κ1) is 23.4. The van der Waals surface area contributed by atoms with Gasteiger partial charge in [-0.3, -0.25) is 9.78 Å². The van der Waals surface area contributed by atoms with Gasteiger partial charge in [0.05, 0.1) is 12.3 Å². The molecule has 180 valence electrons. The van der Waals surface area contributed by atoms with Crippen molar-refractivity contribution in [2.75, 3.05) is 26.2 Å². The van der Waals surface area contributed by atoms with Gasteiger partial charge in [0.25, 0.3) is 15.9 Å². The van der Waals surface area contributed by atoms with Crippen molar-refractivity contribution in [3.63, 3.8) is 0 Å². The Hall–Kier alpha value is -3.38. The lowest BCUT2D eigenvalue weighted by molar-refractivity contribution is 0.0685. The Labute approximate surface area is 206 Å². The number of piperazine rings is 1. The van der Waals surface area contributed by atoms with E-state index in [1.54, 1.807) is 59.9 Å². The van der Waals surface area contributed by atoms with E-state index in [4.69, 9.17) is 11.6 Å². The summed E-state index contributed by atoms with van der Waals surface area (Å²) in [5.74, 6) is -0.325. The fraction of sp³-hybridized carbons (Fsp3) is 0.217. The zero-order valence-corrected chi connectivity index (χ0v) is 20.0. The molecule has 0 saturated carbocycles. The molecule has 2 N–H and O–H groups in total. The van der Waals surface area contributed by atoms with E-state index in [0.29, 0.717) is 27.2 Å². The van der Waals surface area contributed by atoms with Crippen LogP contribution in [0.1, 0.15) is 16.3 Å². The minimum Gasteiger partial charge on any atom is -0.390 e. The molecule has 0 aliphatic carbocycles. The third-order valence-electron chi connectivity index (χ3n) is 5.86. The van der Waals surface area contributed by atoms with Crippen LogP contribution in [0.25, 0.3) is 22.0 Å². The molecule has 1 aromatic carbocycles. The molecule has 0 atom stereocenters. The van der Waals surface area contributed by atoms with Gasteiger partial charge in [0, 0.05) is 66.3 Å². The minimum atomic E-state index is -3.75. The van der Waals surface area contributed by atoms with Gasteiger partial charge >= 0.3 is 0 Å². The molecule has 0 radical (unpaired) electrons. The second kappa shape index (κ2) is 9.34. The highest BCUT2D eigenvalue weighted by Crippen LogP contribution is 2.25. The summed E-state index contributed by atoms with van der Waals surface area (Å²) in [6.07, 6.45) is 4.66. The summed E-state index contributed by atoms with van der Waals surface area (Å²) in [7, 11) is -3.75. The van der Waals surface area contributed by atoms with Crippen LogP contribution in [0.4, 0.5) is 0 Å². The smallest absolute Gasteiger partial charge is 0.291 e. The molecule has 0 bridgehead atoms. The van der Waals surface area contributed by atoms with Crippen LogP contribution in [-0.2, 0) is 16.6 Å². The van der Waals surface area contributed by atoms with E-state index in [0.717, 1.165) is 5.56 Å². The van der Waals surface area contributed by atoms with Gasteiger partial charge in [0.2, 0.25) is 5.82 Å². The van der Waals surface area contributed by atoms with Crippen LogP contribution < -0.4 is 0 Å². The number of carbonyl (C=O) groups is 1. The number of rotatable bonds is 5. The van der Waals surface area contributed by atoms with E-state index in [2.05, 4.69) is 19.9 Å². The number of H-pyrrole nitrogens is 1. The summed E-state index contributed by atoms with van der Waals surface area (Å²) in [4.78, 5) is 29.8. The summed E-state index contributed by atoms with van der Waals surface area (Å²) in [5, 5.41) is 10.6. The Morgan fingerprint density at radius 2 is 1.74 bits per heavy atom. The average molecular weight is 513 g/mol. The van der Waals surface area contributed by atoms with Gasteiger partial charge in [-0.15, -0.1) is 0 Å². The molecule has 1 amide bonds. The predicted octanol–water partition coefficient (Wildman–Crippen LogP) is 2.31. The topological polar surface area (TPSA) is 132 Å². The van der Waals surface area contributed by atoms with Crippen molar-refractivity contribution >= 4 is 38.4 Å². The number of carbonyl (C=O) groups excluding carboxylic acids is 1. The van der Waals surface area contributed by atoms with Gasteiger partial charge in [-0.1, -0.05) is 11.6 Å². The van der Waals surface area contributed by atoms with E-state index < -0.39 is 10.0 Å². The van der Waals surface area contributed by atoms with Crippen molar-refractivity contribution in [1.82, 2.24) is 29.1 Å². The van der Waals surface area contributed by atoms with E-state index in [-0.39, 0.29) is 49.5 Å². The highest BCUT2D eigenvalue weighted by atomic mass is 35.5. The lowest BCUT2D eigenvalue weighted by Crippen LogP contribution is -2.50. The van der Waals surface area contributed by atoms with Crippen LogP contribution in [0.5, 0.6) is 0 Å². The number of fused-ring (bicyclic) bond motifs is 1. The molecule has 1 aliphatic heterocycles. The molecule has 0 spiro atoms. The van der Waals surface area contributed by atoms with E-state index in [1.165, 1.54) is 4.31 Å². The number of hydrogen-bond donors (Lipinski definition) is 2. The fourth-order valence-corrected chi connectivity index (χ4v) is 5.58. The lowest BCUT2D eigenvalue weighted by Gasteiger charge is -2.33. The van der Waals surface area contributed by atoms with Crippen LogP contribution in [0.15, 0.2) is 60.0 Å². The lowest BCUT2D eigenvalue weighted by atomic mass is 10.1. The molecule has 10 nitrogen and oxygen atoms in total. The number of pyridine rings is 1. The number of halogens is 1. The first-order valence-corrected chi connectivity index (χ1v) is 12.6. The number of amides is 1. The van der Waals surface area contributed by atoms with E-state index >= 15 is 0 Å². The van der Waals surface area contributed by atoms with Gasteiger partial charge < -0.3 is 15.0 Å². The SMILES string of the molecule is O=C(c1ncc(-c2ccnc(CO)c2)cn1)N1CCN(S(=O)(=O)c2cc3cc(Cl)ccc3[nH]2)CC1. The Morgan fingerprint density at radius 3 is 2.46 bits per heavy atom. The monoisotopic (exact) mass is 512 g/mol. The number of sulfonamides is 1. The van der Waals surface area contributed by atoms with Crippen LogP contribution in [-0.4, -0.2) is 74.8 Å². The van der Waals surface area contributed by atoms with Crippen molar-refractivity contribution in [2.24, 2.45) is 0 Å². The maximum atomic E-state index is 13.1. The average Bonchev–Trinajstić information content (AvgIpc) is 3.33. The number of aromatic amines is 1. The molecular weight excluding hydrogens is 492 g/mol. The number of aliphatic hydroxyl groups excluding tert-OH is 1. The van der Waals surface area contributed by atoms with E-state index in [1.807, 2.05) is 0 Å². The van der Waals surface area contributed by atoms with Crippen molar-refractivity contribution in [3.05, 3.63) is 71.5 Å². The minimum absolute atomic E-state index is 0.0361. The molecule has 1 fully saturated rings. The Kier molecular flexibility index (Phi) is 6.24. The van der Waals surface area contributed by atoms with Gasteiger partial charge in [0.1, 0.15) is 5.03 Å². The standard InChI is InChI=1S/C23H21ClN6O4S/c24-18-1-2-20-16(9-18)11-21(28-20)35(33,34)30-7-5-29(6-8-30)23(32)22-26-12-17(13-27-22)15-3-4-25-19(10-15)14-31/h1-4,9-13,28,31H,5-8,14H2. The number of aliphatic hydroxyl groups is 1. The molecule has 4 aromatic rings. The van der Waals surface area contributed by atoms with Crippen molar-refractivity contribution in [2.45, 2.75) is 11.6 Å². The molecule has 1 saturated heterocycles. The van der Waals surface area contributed by atoms with Crippen LogP contribution in [0.2, 0.25) is 5.02 Å². The maximum Gasteiger partial charge on any atom is 0.291 e. The van der Waals surface area contributed by atoms with Gasteiger partial charge in [-0.25, -0.2) is 18.4 Å². The number of hydrogen-bond acceptors (Lipinski definition) is 7. The summed E-state index contributed by atoms with van der Waals surface area (Å²) in [6.45, 7) is 0.576. The van der Waals surface area contributed by atoms with Crippen LogP contribution >= 0.6 is 11.6 Å². The molecule has 5 rings (SSSR count). The number of nitrogens with one attached hydrogen (secondary N) is 1. The second-order valence-electron chi connectivity index (χ2n) is 8.05. The summed E-state index contributed by atoms with van der Waals surface area (Å²) in [6, 6.07) is 10.2. The number of aromatic nitrogens is 4. The van der Waals surface area contributed by atoms with Gasteiger partial charge in [-0.05, 0) is 42.0 Å². The Balaban J connectivity index is 1.26. The predicted molar refractivity (Wildman–Crippen MR) is 129 cm³/mol. The van der Waals surface area contributed by atoms with Crippen LogP contribution in [0, 0.1) is 0 Å². The maximum absolute atomic E-state index is 13.1. The Morgan fingerprint density at radius 1 is 1.00 bits per heavy atom. The van der Waals surface area contributed by atoms with Crippen molar-refractivity contribution in [1.29, 1.82) is 0 Å². The summed E-state index contributed by atoms with van der Waals surface area (Å²) in [5.41, 5.74) is 2.67. The quantitative estimate of drug-likeness (QED) is 0.419. The highest BCUT2D eigenvalue weighted by molar-refractivity contribution is 7.89. The Bertz CT molecular complexity index is 1500. The first-order valence-electron chi connectivity index (χ1n) is 10.8. The van der Waals surface area contributed by atoms with Gasteiger partial charge in [-0.2, -0.15) is 4.31 Å². The van der Waals surface area contributed by atoms with Crippen molar-refractivity contribution < 1.29 is 18.3 Å². The zero-order valence-electron chi connectivity index (χ0n) is 18.4. The second-order valence-corrected chi connectivity index (χ2v) is 10.4.